The summed E-state index contributed by atoms with van der Waals surface area (Å²) in [6.07, 6.45) is 1.94. The molecule has 4 aromatic carbocycles. The van der Waals surface area contributed by atoms with Gasteiger partial charge in [-0.3, -0.25) is 33.6 Å². The summed E-state index contributed by atoms with van der Waals surface area (Å²) in [5.41, 5.74) is 9.21. The topological polar surface area (TPSA) is 232 Å². The van der Waals surface area contributed by atoms with Gasteiger partial charge in [0, 0.05) is 72.7 Å². The lowest BCUT2D eigenvalue weighted by Crippen LogP contribution is -2.46. The van der Waals surface area contributed by atoms with E-state index in [1.54, 1.807) is 43.3 Å². The number of nitrogens with two attached hydrogens (primary N) is 1. The van der Waals surface area contributed by atoms with Crippen LogP contribution in [0.5, 0.6) is 11.5 Å². The second-order valence-corrected chi connectivity index (χ2v) is 17.8. The van der Waals surface area contributed by atoms with Gasteiger partial charge in [0.25, 0.3) is 0 Å². The molecule has 1 unspecified atom stereocenters. The lowest BCUT2D eigenvalue weighted by Gasteiger charge is -2.32. The van der Waals surface area contributed by atoms with Crippen LogP contribution in [0.1, 0.15) is 97.3 Å². The normalized spacial score (nSPS) is 17.1. The number of Topliss-reactive ketones (excluding diaryl/α,β-unsaturated/α-hetero) is 5. The molecule has 67 heavy (non-hydrogen) atoms. The molecule has 0 fully saturated rings. The number of halogens is 1. The first-order chi connectivity index (χ1) is 31.9. The molecule has 16 heteroatoms. The fraction of sp³-hybridized carbons (Fsp3) is 0.353. The van der Waals surface area contributed by atoms with E-state index in [1.807, 2.05) is 24.3 Å². The Bertz CT molecular complexity index is 2660. The molecule has 5 aromatic rings. The molecule has 1 aromatic heterocycles. The molecule has 2 amide bonds. The molecule has 5 atom stereocenters. The monoisotopic (exact) mass is 930 g/mol. The Morgan fingerprint density at radius 3 is 2.16 bits per heavy atom. The van der Waals surface area contributed by atoms with E-state index in [9.17, 15) is 43.8 Å². The van der Waals surface area contributed by atoms with Crippen LogP contribution >= 0.6 is 11.6 Å². The number of benzene rings is 4. The number of nitrogens with zero attached hydrogens (tertiary/aromatic N) is 4. The number of hydrogen-bond acceptors (Lipinski definition) is 12. The first kappa shape index (κ1) is 49.6. The van der Waals surface area contributed by atoms with Crippen molar-refractivity contribution in [3.05, 3.63) is 119 Å². The number of unbranched alkanes of at least 4 members (excludes halogenated alkanes) is 1. The van der Waals surface area contributed by atoms with Crippen LogP contribution in [0.2, 0.25) is 5.02 Å². The van der Waals surface area contributed by atoms with Crippen molar-refractivity contribution in [1.29, 1.82) is 0 Å². The fourth-order valence-electron chi connectivity index (χ4n) is 8.30. The molecule has 1 aliphatic rings. The summed E-state index contributed by atoms with van der Waals surface area (Å²) in [5.74, 6) is -6.19. The number of rotatable bonds is 17. The number of carbonyl (C=O) groups excluding carboxylic acids is 7. The quantitative estimate of drug-likeness (QED) is 0.0551. The van der Waals surface area contributed by atoms with Gasteiger partial charge in [-0.15, -0.1) is 5.10 Å². The third-order valence-corrected chi connectivity index (χ3v) is 12.5. The Morgan fingerprint density at radius 2 is 1.52 bits per heavy atom. The van der Waals surface area contributed by atoms with E-state index >= 15 is 0 Å². The summed E-state index contributed by atoms with van der Waals surface area (Å²) >= 11 is 6.06. The molecule has 2 heterocycles. The number of phenolic OH excluding ortho intramolecular Hbond substituents is 2. The van der Waals surface area contributed by atoms with Crippen LogP contribution < -0.4 is 11.1 Å². The maximum absolute atomic E-state index is 14.7. The predicted molar refractivity (Wildman–Crippen MR) is 251 cm³/mol. The van der Waals surface area contributed by atoms with E-state index < -0.39 is 53.2 Å². The molecular weight excluding hydrogens is 876 g/mol. The van der Waals surface area contributed by atoms with E-state index in [-0.39, 0.29) is 77.9 Å². The Hall–Kier alpha value is -6.84. The summed E-state index contributed by atoms with van der Waals surface area (Å²) in [7, 11) is 1.47. The van der Waals surface area contributed by atoms with Crippen LogP contribution in [0.15, 0.2) is 91.1 Å². The van der Waals surface area contributed by atoms with Crippen LogP contribution in [0.3, 0.4) is 0 Å². The van der Waals surface area contributed by atoms with Gasteiger partial charge >= 0.3 is 0 Å². The van der Waals surface area contributed by atoms with Gasteiger partial charge < -0.3 is 26.2 Å². The fourth-order valence-corrected chi connectivity index (χ4v) is 8.42. The summed E-state index contributed by atoms with van der Waals surface area (Å²) in [4.78, 5) is 97.3. The number of phenols is 2. The number of nitrogens with one attached hydrogen (secondary N) is 1. The lowest BCUT2D eigenvalue weighted by molar-refractivity contribution is -0.142. The first-order valence-corrected chi connectivity index (χ1v) is 22.6. The smallest absolute Gasteiger partial charge is 0.226 e. The van der Waals surface area contributed by atoms with Crippen LogP contribution in [0, 0.1) is 17.8 Å². The van der Waals surface area contributed by atoms with E-state index in [1.165, 1.54) is 60.9 Å². The van der Waals surface area contributed by atoms with Crippen LogP contribution in [-0.4, -0.2) is 90.5 Å². The third kappa shape index (κ3) is 12.3. The van der Waals surface area contributed by atoms with E-state index in [2.05, 4.69) is 15.6 Å². The van der Waals surface area contributed by atoms with E-state index in [0.29, 0.717) is 47.5 Å². The van der Waals surface area contributed by atoms with Crippen molar-refractivity contribution in [2.45, 2.75) is 84.3 Å². The molecule has 6 rings (SSSR count). The Labute approximate surface area is 393 Å². The molecule has 0 saturated heterocycles. The number of carbonyl (C=O) groups is 7. The predicted octanol–water partition coefficient (Wildman–Crippen LogP) is 6.90. The summed E-state index contributed by atoms with van der Waals surface area (Å²) in [5, 5.41) is 33.4. The Kier molecular flexibility index (Phi) is 16.4. The SMILES string of the molecule is CC(=O)c1cn(CC(=O)C(C)CC(=O)[C@@H]2Cc3ccc(O)c(c3)-c3cc(ccc3O)[C@H](N(C)C(=O)[C@H](CCCCN)CC(=O)c3ccc(-c4ccc(Cl)cc4)cc3)C(=O)C[C@@H](C)C(=O)N2)nn1. The highest BCUT2D eigenvalue weighted by molar-refractivity contribution is 6.30. The zero-order valence-corrected chi connectivity index (χ0v) is 38.7. The average molecular weight is 931 g/mol. The summed E-state index contributed by atoms with van der Waals surface area (Å²) < 4.78 is 1.22. The van der Waals surface area contributed by atoms with Crippen molar-refractivity contribution in [1.82, 2.24) is 25.2 Å². The number of aromatic hydroxyl groups is 2. The molecule has 0 spiro atoms. The van der Waals surface area contributed by atoms with Crippen molar-refractivity contribution < 1.29 is 43.8 Å². The molecule has 0 radical (unpaired) electrons. The second kappa shape index (κ2) is 22.1. The maximum Gasteiger partial charge on any atom is 0.226 e. The van der Waals surface area contributed by atoms with Crippen molar-refractivity contribution in [3.8, 4) is 33.8 Å². The highest BCUT2D eigenvalue weighted by atomic mass is 35.5. The zero-order chi connectivity index (χ0) is 48.5. The molecule has 5 N–H and O–H groups in total. The number of fused-ring (bicyclic) bond motifs is 5. The Balaban J connectivity index is 1.28. The molecule has 350 valence electrons. The second-order valence-electron chi connectivity index (χ2n) is 17.4. The Morgan fingerprint density at radius 1 is 0.881 bits per heavy atom. The third-order valence-electron chi connectivity index (χ3n) is 12.3. The minimum absolute atomic E-state index is 0.0540. The molecule has 0 aliphatic carbocycles. The number of hydrogen-bond donors (Lipinski definition) is 4. The van der Waals surface area contributed by atoms with Gasteiger partial charge in [-0.2, -0.15) is 0 Å². The van der Waals surface area contributed by atoms with Gasteiger partial charge in [0.1, 0.15) is 29.8 Å². The average Bonchev–Trinajstić information content (AvgIpc) is 3.78. The zero-order valence-electron chi connectivity index (χ0n) is 37.9. The largest absolute Gasteiger partial charge is 0.507 e. The maximum atomic E-state index is 14.7. The van der Waals surface area contributed by atoms with Gasteiger partial charge in [-0.25, -0.2) is 4.68 Å². The molecule has 0 saturated carbocycles. The van der Waals surface area contributed by atoms with Crippen LogP contribution in [-0.2, 0) is 36.9 Å². The van der Waals surface area contributed by atoms with Gasteiger partial charge in [-0.05, 0) is 84.5 Å². The number of ketones is 5. The van der Waals surface area contributed by atoms with Crippen molar-refractivity contribution in [3.63, 3.8) is 0 Å². The number of amides is 2. The van der Waals surface area contributed by atoms with Crippen LogP contribution in [0.25, 0.3) is 22.3 Å². The number of likely N-dealkylation sites (N-methyl/N-ethyl adjacent to an activating group) is 1. The van der Waals surface area contributed by atoms with Gasteiger partial charge in [0.15, 0.2) is 28.9 Å². The standard InChI is InChI=1S/C51H55ClN6O9/c1-29(48(65)28-58-27-42(31(3)59)55-56-58)21-46(63)41-24-32-8-18-43(60)39(23-32)40-25-36(15-19-44(40)61)49(47(64)22-30(2)50(66)54-41)57(4)51(67)37(7-5-6-20-53)26-45(62)35-11-9-33(10-12-35)34-13-16-38(52)17-14-34/h8-19,23,25,27,29-30,37,41,49,60-61H,5-7,20-22,24,26,28,53H2,1-4H3,(H,54,66)/t29?,30-,37-,41+,49+/m1/s1. The minimum Gasteiger partial charge on any atom is -0.507 e. The first-order valence-electron chi connectivity index (χ1n) is 22.2. The highest BCUT2D eigenvalue weighted by Crippen LogP contribution is 2.40. The van der Waals surface area contributed by atoms with Gasteiger partial charge in [0.2, 0.25) is 11.8 Å². The van der Waals surface area contributed by atoms with Crippen molar-refractivity contribution in [2.24, 2.45) is 23.5 Å². The van der Waals surface area contributed by atoms with Crippen LogP contribution in [0.4, 0.5) is 0 Å². The van der Waals surface area contributed by atoms with Gasteiger partial charge in [-0.1, -0.05) is 85.6 Å². The minimum atomic E-state index is -1.30. The van der Waals surface area contributed by atoms with Gasteiger partial charge in [0.05, 0.1) is 12.2 Å². The van der Waals surface area contributed by atoms with Crippen molar-refractivity contribution >= 4 is 52.3 Å². The summed E-state index contributed by atoms with van der Waals surface area (Å²) in [6, 6.07) is 20.8. The molecule has 1 aliphatic heterocycles. The lowest BCUT2D eigenvalue weighted by atomic mass is 9.87. The molecular formula is C51H55ClN6O9. The van der Waals surface area contributed by atoms with E-state index in [0.717, 1.165) is 11.1 Å². The summed E-state index contributed by atoms with van der Waals surface area (Å²) in [6.45, 7) is 4.56. The van der Waals surface area contributed by atoms with Crippen molar-refractivity contribution in [2.75, 3.05) is 13.6 Å². The highest BCUT2D eigenvalue weighted by Gasteiger charge is 2.36. The molecule has 15 nitrogen and oxygen atoms in total. The number of aromatic nitrogens is 3. The van der Waals surface area contributed by atoms with E-state index in [4.69, 9.17) is 17.3 Å². The molecule has 4 bridgehead atoms.